The average Bonchev–Trinajstić information content (AvgIpc) is 0.883. The van der Waals surface area contributed by atoms with Crippen molar-refractivity contribution < 1.29 is 83.7 Å². The molecule has 25 heteroatoms. The Morgan fingerprint density at radius 3 is 0.786 bits per heavy atom. The minimum Gasteiger partial charge on any atom is -0.481 e. The van der Waals surface area contributed by atoms with Crippen molar-refractivity contribution in [3.8, 4) is 0 Å². The van der Waals surface area contributed by atoms with Crippen LogP contribution in [0, 0.1) is 16.2 Å². The van der Waals surface area contributed by atoms with Crippen LogP contribution >= 0.6 is 63.8 Å². The van der Waals surface area contributed by atoms with Crippen molar-refractivity contribution in [1.82, 2.24) is 0 Å². The van der Waals surface area contributed by atoms with Gasteiger partial charge in [-0.25, -0.2) is 0 Å². The molecule has 0 rings (SSSR count). The smallest absolute Gasteiger partial charge is 0.303 e. The Labute approximate surface area is 708 Å². The molecule has 0 fully saturated rings. The van der Waals surface area contributed by atoms with Crippen molar-refractivity contribution in [3.05, 3.63) is 0 Å². The lowest BCUT2D eigenvalue weighted by Crippen LogP contribution is -2.39. The lowest BCUT2D eigenvalue weighted by molar-refractivity contribution is -0.138. The third kappa shape index (κ3) is 87.3. The zero-order chi connectivity index (χ0) is 86.0. The van der Waals surface area contributed by atoms with E-state index in [1.54, 1.807) is 76.8 Å². The molecule has 0 radical (unpaired) electrons. The molecule has 0 aliphatic heterocycles. The predicted octanol–water partition coefficient (Wildman–Crippen LogP) is 17.4. The minimum atomic E-state index is -1.24. The quantitative estimate of drug-likeness (QED) is 0.0153. The molecule has 112 heavy (non-hydrogen) atoms. The number of rotatable bonds is 75. The molecule has 664 valence electrons. The number of ketones is 9. The van der Waals surface area contributed by atoms with Gasteiger partial charge in [0.15, 0.2) is 17.3 Å². The van der Waals surface area contributed by atoms with Crippen LogP contribution in [0.5, 0.6) is 0 Å². The standard InChI is InChI=1S/C25H46O5S.C24H45NO5S.C14H29NOS.C12H23BrO.C10H18O5.C2H7NS/c1-4-5-6-7-8-9-10-11-14-22(28)19-31-18-13-16-21(27)15-12-17-23(29)24(30)25(2,3)20-26;1-24(2,19-26)23(30)22(29)15-10-13-20(27)14-11-17-31-18-21(28)12-8-6-4-3-5-7-9-16-25;1-2-3-4-5-6-7-8-9-10-14(16)13-17-12-11-15;1-2-3-4-5-6-7-8-9-10-12(14)11-13;1-10(2,6-11)9(15)7(12)4-3-5-8(13)14;3-1-2-4/h24,26,30H,4-20H2,1-3H3;23,26,30H,3-19,25H2,1-2H3;2-13,15H2,1H3;2-11H2,1H3;9,11,15H,3-6H2,1-2H3,(H,13,14);4H,1-3H2/t24-;23-;;;9-;/m00..0./s1. The van der Waals surface area contributed by atoms with Gasteiger partial charge in [-0.2, -0.15) is 47.9 Å². The first-order valence-electron chi connectivity index (χ1n) is 43.1. The summed E-state index contributed by atoms with van der Waals surface area (Å²) in [4.78, 5) is 116. The summed E-state index contributed by atoms with van der Waals surface area (Å²) in [6, 6.07) is 0. The monoisotopic (exact) mass is 1730 g/mol. The van der Waals surface area contributed by atoms with E-state index in [4.69, 9.17) is 27.4 Å². The number of unbranched alkanes of at least 4 members (excludes halogenated alkanes) is 27. The number of halogens is 1. The van der Waals surface area contributed by atoms with Crippen LogP contribution in [0.1, 0.15) is 371 Å². The Morgan fingerprint density at radius 2 is 0.545 bits per heavy atom. The van der Waals surface area contributed by atoms with Gasteiger partial charge in [0.2, 0.25) is 0 Å². The average molecular weight is 1740 g/mol. The van der Waals surface area contributed by atoms with Crippen LogP contribution in [0.3, 0.4) is 0 Å². The third-order valence-corrected chi connectivity index (χ3v) is 23.0. The molecule has 13 N–H and O–H groups in total. The number of aliphatic hydroxyl groups is 6. The van der Waals surface area contributed by atoms with E-state index in [2.05, 4.69) is 49.3 Å². The van der Waals surface area contributed by atoms with E-state index in [1.165, 1.54) is 154 Å². The first-order chi connectivity index (χ1) is 53.3. The summed E-state index contributed by atoms with van der Waals surface area (Å²) in [5.41, 5.74) is 13.2. The van der Waals surface area contributed by atoms with Crippen molar-refractivity contribution in [1.29, 1.82) is 0 Å². The lowest BCUT2D eigenvalue weighted by Gasteiger charge is -2.26. The molecule has 20 nitrogen and oxygen atoms in total. The van der Waals surface area contributed by atoms with Crippen LogP contribution in [0.2, 0.25) is 0 Å². The number of hydrogen-bond acceptors (Lipinski definition) is 23. The van der Waals surface area contributed by atoms with Crippen molar-refractivity contribution in [3.63, 3.8) is 0 Å². The van der Waals surface area contributed by atoms with Gasteiger partial charge in [-0.3, -0.25) is 47.9 Å². The van der Waals surface area contributed by atoms with E-state index in [-0.39, 0.29) is 75.1 Å². The molecule has 0 bridgehead atoms. The number of thioether (sulfide) groups is 3. The lowest BCUT2D eigenvalue weighted by atomic mass is 9.84. The van der Waals surface area contributed by atoms with Crippen molar-refractivity contribution >= 4 is 122 Å². The highest BCUT2D eigenvalue weighted by molar-refractivity contribution is 9.09. The van der Waals surface area contributed by atoms with E-state index in [0.29, 0.717) is 110 Å². The molecule has 0 saturated carbocycles. The highest BCUT2D eigenvalue weighted by Gasteiger charge is 2.34. The number of thiol groups is 1. The number of aliphatic carboxylic acids is 1. The van der Waals surface area contributed by atoms with Crippen molar-refractivity contribution in [2.24, 2.45) is 33.4 Å². The molecule has 0 aromatic carbocycles. The molecular weight excluding hydrogens is 1570 g/mol. The Morgan fingerprint density at radius 1 is 0.312 bits per heavy atom. The van der Waals surface area contributed by atoms with E-state index >= 15 is 0 Å². The molecule has 3 atom stereocenters. The predicted molar refractivity (Wildman–Crippen MR) is 479 cm³/mol. The topological polar surface area (TPSA) is 390 Å². The van der Waals surface area contributed by atoms with Gasteiger partial charge in [-0.05, 0) is 82.3 Å². The third-order valence-electron chi connectivity index (χ3n) is 18.8. The number of hydrogen-bond donors (Lipinski definition) is 11. The fourth-order valence-corrected chi connectivity index (χ4v) is 13.6. The zero-order valence-corrected chi connectivity index (χ0v) is 77.0. The van der Waals surface area contributed by atoms with Gasteiger partial charge in [0.25, 0.3) is 0 Å². The molecule has 0 amide bonds. The number of carboxylic acid groups (broad SMARTS) is 1. The molecule has 0 aliphatic rings. The summed E-state index contributed by atoms with van der Waals surface area (Å²) < 4.78 is 0. The van der Waals surface area contributed by atoms with Gasteiger partial charge in [0.05, 0.1) is 42.4 Å². The first kappa shape index (κ1) is 121. The maximum atomic E-state index is 12.0. The summed E-state index contributed by atoms with van der Waals surface area (Å²) in [6.45, 7) is 17.7. The van der Waals surface area contributed by atoms with Crippen LogP contribution in [0.15, 0.2) is 0 Å². The second kappa shape index (κ2) is 88.3. The van der Waals surface area contributed by atoms with Crippen LogP contribution in [-0.4, -0.2) is 197 Å². The fourth-order valence-electron chi connectivity index (χ4n) is 10.9. The van der Waals surface area contributed by atoms with E-state index < -0.39 is 46.3 Å². The molecular formula is C87H168BrN3O17S4. The Kier molecular flexibility index (Phi) is 95.3. The molecule has 0 aliphatic carbocycles. The molecule has 0 aromatic heterocycles. The number of alkyl halides is 1. The van der Waals surface area contributed by atoms with Crippen LogP contribution in [0.4, 0.5) is 0 Å². The first-order valence-corrected chi connectivity index (χ1v) is 48.3. The number of carbonyl (C=O) groups excluding carboxylic acids is 9. The van der Waals surface area contributed by atoms with Crippen LogP contribution in [0.25, 0.3) is 0 Å². The maximum absolute atomic E-state index is 12.0. The highest BCUT2D eigenvalue weighted by Crippen LogP contribution is 2.25. The highest BCUT2D eigenvalue weighted by atomic mass is 79.9. The second-order valence-corrected chi connectivity index (χ2v) is 36.0. The van der Waals surface area contributed by atoms with E-state index in [0.717, 1.165) is 100 Å². The number of carboxylic acids is 1. The molecule has 0 heterocycles. The van der Waals surface area contributed by atoms with Gasteiger partial charge in [0, 0.05) is 118 Å². The normalized spacial score (nSPS) is 12.0. The van der Waals surface area contributed by atoms with Gasteiger partial charge in [-0.15, -0.1) is 0 Å². The summed E-state index contributed by atoms with van der Waals surface area (Å²) in [5.74, 6) is 4.57. The largest absolute Gasteiger partial charge is 0.481 e. The van der Waals surface area contributed by atoms with Crippen molar-refractivity contribution in [2.45, 2.75) is 389 Å². The van der Waals surface area contributed by atoms with E-state index in [9.17, 15) is 73.5 Å². The fraction of sp³-hybridized carbons (Fsp3) is 0.885. The Hall–Kier alpha value is -1.98. The van der Waals surface area contributed by atoms with E-state index in [1.807, 2.05) is 0 Å². The van der Waals surface area contributed by atoms with Crippen LogP contribution in [-0.2, 0) is 47.9 Å². The minimum absolute atomic E-state index is 0.0247. The number of Topliss-reactive ketones (excluding diaryl/α,β-unsaturated/α-hetero) is 9. The zero-order valence-electron chi connectivity index (χ0n) is 72.1. The molecule has 0 unspecified atom stereocenters. The molecule has 0 aromatic rings. The maximum Gasteiger partial charge on any atom is 0.303 e. The van der Waals surface area contributed by atoms with Gasteiger partial charge in [0.1, 0.15) is 53.0 Å². The summed E-state index contributed by atoms with van der Waals surface area (Å²) in [7, 11) is 0. The summed E-state index contributed by atoms with van der Waals surface area (Å²) in [6.07, 6.45) is 42.4. The van der Waals surface area contributed by atoms with Crippen LogP contribution < -0.4 is 17.2 Å². The van der Waals surface area contributed by atoms with Gasteiger partial charge >= 0.3 is 5.97 Å². The summed E-state index contributed by atoms with van der Waals surface area (Å²) in [5, 5.41) is 65.7. The summed E-state index contributed by atoms with van der Waals surface area (Å²) >= 11 is 11.8. The number of carbonyl (C=O) groups is 10. The Balaban J connectivity index is -0.000000322. The number of nitrogens with two attached hydrogens (primary N) is 3. The van der Waals surface area contributed by atoms with Gasteiger partial charge < -0.3 is 52.9 Å². The number of aliphatic hydroxyl groups excluding tert-OH is 6. The Bertz CT molecular complexity index is 2180. The second-order valence-electron chi connectivity index (χ2n) is 31.7. The van der Waals surface area contributed by atoms with Crippen molar-refractivity contribution in [2.75, 3.05) is 85.1 Å². The molecule has 0 saturated heterocycles. The SMILES string of the molecule is CC(C)(CO)[C@@H](O)C(=O)CCCC(=O)CCCSCC(=O)CCCCCCCCCN.CC(C)(CO)[C@@H](O)C(=O)CCCC(=O)O.CCCCCCCCCCC(=O)CBr.CCCCCCCCCCC(=O)CSCCCC(=O)CCCC(=O)[C@H](O)C(C)(C)CO.CCCCCCCCCCC(=O)CSCCN.NCCS. The van der Waals surface area contributed by atoms with Gasteiger partial charge in [-0.1, -0.05) is 245 Å². The molecule has 0 spiro atoms.